The van der Waals surface area contributed by atoms with Crippen molar-refractivity contribution in [1.82, 2.24) is 5.32 Å². The van der Waals surface area contributed by atoms with Crippen LogP contribution in [0.15, 0.2) is 66.5 Å². The van der Waals surface area contributed by atoms with E-state index in [2.05, 4.69) is 5.32 Å². The van der Waals surface area contributed by atoms with Crippen LogP contribution in [0.2, 0.25) is 0 Å². The summed E-state index contributed by atoms with van der Waals surface area (Å²) >= 11 is 0. The van der Waals surface area contributed by atoms with Gasteiger partial charge in [0, 0.05) is 7.05 Å². The smallest absolute Gasteiger partial charge is 0.268 e. The maximum Gasteiger partial charge on any atom is 0.268 e. The summed E-state index contributed by atoms with van der Waals surface area (Å²) in [6.07, 6.45) is 0. The van der Waals surface area contributed by atoms with Gasteiger partial charge in [-0.15, -0.1) is 0 Å². The summed E-state index contributed by atoms with van der Waals surface area (Å²) in [5.41, 5.74) is 2.58. The third-order valence-corrected chi connectivity index (χ3v) is 3.19. The van der Waals surface area contributed by atoms with Crippen molar-refractivity contribution in [3.63, 3.8) is 0 Å². The first kappa shape index (κ1) is 11.5. The normalized spacial score (nSPS) is 14.4. The highest BCUT2D eigenvalue weighted by Crippen LogP contribution is 2.35. The molecule has 0 spiro atoms. The molecule has 0 saturated carbocycles. The number of nitrogens with zero attached hydrogens (tertiary/aromatic N) is 1. The van der Waals surface area contributed by atoms with Crippen molar-refractivity contribution in [2.45, 2.75) is 0 Å². The molecule has 2 aromatic rings. The van der Waals surface area contributed by atoms with E-state index < -0.39 is 0 Å². The molecule has 0 bridgehead atoms. The molecule has 1 aliphatic heterocycles. The van der Waals surface area contributed by atoms with E-state index in [9.17, 15) is 4.79 Å². The molecule has 0 radical (unpaired) electrons. The van der Waals surface area contributed by atoms with Crippen LogP contribution in [0.1, 0.15) is 5.56 Å². The number of carbonyl (C=O) groups excluding carboxylic acids is 1. The van der Waals surface area contributed by atoms with Gasteiger partial charge in [0.25, 0.3) is 5.91 Å². The van der Waals surface area contributed by atoms with Gasteiger partial charge in [-0.3, -0.25) is 9.69 Å². The summed E-state index contributed by atoms with van der Waals surface area (Å²) in [5, 5.41) is 3.11. The molecule has 0 unspecified atom stereocenters. The number of carbonyl (C=O) groups is 1. The topological polar surface area (TPSA) is 32.3 Å². The zero-order valence-corrected chi connectivity index (χ0v) is 10.6. The summed E-state index contributed by atoms with van der Waals surface area (Å²) < 4.78 is 0. The average Bonchev–Trinajstić information content (AvgIpc) is 2.47. The Balaban J connectivity index is 2.05. The van der Waals surface area contributed by atoms with Crippen LogP contribution in [-0.4, -0.2) is 13.0 Å². The molecule has 1 N–H and O–H groups in total. The molecule has 1 aliphatic rings. The Bertz CT molecular complexity index is 632. The molecule has 0 fully saturated rings. The maximum atomic E-state index is 12.4. The Morgan fingerprint density at radius 3 is 2.05 bits per heavy atom. The third-order valence-electron chi connectivity index (χ3n) is 3.19. The molecule has 0 atom stereocenters. The second-order valence-electron chi connectivity index (χ2n) is 4.32. The Labute approximate surface area is 112 Å². The number of benzene rings is 2. The molecule has 0 aliphatic carbocycles. The lowest BCUT2D eigenvalue weighted by Gasteiger charge is -2.36. The van der Waals surface area contributed by atoms with Gasteiger partial charge in [-0.05, 0) is 17.7 Å². The first-order valence-electron chi connectivity index (χ1n) is 6.20. The Kier molecular flexibility index (Phi) is 2.80. The standard InChI is InChI=1S/C16H14N2O/c1-17-15-14(12-8-4-2-5-9-12)16(19)18(15)13-10-6-3-7-11-13/h2-11,17H,1H3. The monoisotopic (exact) mass is 250 g/mol. The van der Waals surface area contributed by atoms with Crippen molar-refractivity contribution in [2.24, 2.45) is 0 Å². The van der Waals surface area contributed by atoms with Gasteiger partial charge in [0.15, 0.2) is 0 Å². The Morgan fingerprint density at radius 1 is 0.895 bits per heavy atom. The van der Waals surface area contributed by atoms with E-state index in [1.807, 2.05) is 67.7 Å². The fraction of sp³-hybridized carbons (Fsp3) is 0.0625. The summed E-state index contributed by atoms with van der Waals surface area (Å²) in [5.74, 6) is 0.879. The highest BCUT2D eigenvalue weighted by atomic mass is 16.2. The van der Waals surface area contributed by atoms with Crippen LogP contribution in [0, 0.1) is 0 Å². The zero-order valence-electron chi connectivity index (χ0n) is 10.6. The molecular formula is C16H14N2O. The van der Waals surface area contributed by atoms with Gasteiger partial charge in [0.05, 0.1) is 11.3 Å². The fourth-order valence-electron chi connectivity index (χ4n) is 2.30. The lowest BCUT2D eigenvalue weighted by Crippen LogP contribution is -2.46. The van der Waals surface area contributed by atoms with Gasteiger partial charge in [-0.2, -0.15) is 0 Å². The predicted molar refractivity (Wildman–Crippen MR) is 76.3 cm³/mol. The lowest BCUT2D eigenvalue weighted by atomic mass is 9.97. The van der Waals surface area contributed by atoms with Crippen LogP contribution >= 0.6 is 0 Å². The average molecular weight is 250 g/mol. The molecule has 94 valence electrons. The molecule has 0 saturated heterocycles. The minimum Gasteiger partial charge on any atom is -0.373 e. The SMILES string of the molecule is CNC1=C(c2ccccc2)C(=O)N1c1ccccc1. The molecule has 1 amide bonds. The van der Waals surface area contributed by atoms with Crippen molar-refractivity contribution in [2.75, 3.05) is 11.9 Å². The lowest BCUT2D eigenvalue weighted by molar-refractivity contribution is -0.114. The van der Waals surface area contributed by atoms with E-state index in [1.54, 1.807) is 4.90 Å². The number of rotatable bonds is 3. The highest BCUT2D eigenvalue weighted by Gasteiger charge is 2.37. The molecule has 3 nitrogen and oxygen atoms in total. The van der Waals surface area contributed by atoms with Crippen molar-refractivity contribution in [3.05, 3.63) is 72.0 Å². The minimum absolute atomic E-state index is 0.0294. The number of para-hydroxylation sites is 1. The van der Waals surface area contributed by atoms with Gasteiger partial charge in [-0.1, -0.05) is 48.5 Å². The summed E-state index contributed by atoms with van der Waals surface area (Å²) in [7, 11) is 1.83. The van der Waals surface area contributed by atoms with Crippen LogP contribution < -0.4 is 10.2 Å². The van der Waals surface area contributed by atoms with E-state index in [-0.39, 0.29) is 5.91 Å². The molecule has 19 heavy (non-hydrogen) atoms. The number of nitrogens with one attached hydrogen (secondary N) is 1. The van der Waals surface area contributed by atoms with E-state index in [0.29, 0.717) is 0 Å². The third kappa shape index (κ3) is 1.80. The van der Waals surface area contributed by atoms with Crippen LogP contribution in [0.3, 0.4) is 0 Å². The van der Waals surface area contributed by atoms with E-state index in [4.69, 9.17) is 0 Å². The number of hydrogen-bond acceptors (Lipinski definition) is 2. The largest absolute Gasteiger partial charge is 0.373 e. The van der Waals surface area contributed by atoms with E-state index in [1.165, 1.54) is 0 Å². The second-order valence-corrected chi connectivity index (χ2v) is 4.32. The predicted octanol–water partition coefficient (Wildman–Crippen LogP) is 2.62. The van der Waals surface area contributed by atoms with Gasteiger partial charge in [0.1, 0.15) is 5.82 Å². The van der Waals surface area contributed by atoms with Crippen molar-refractivity contribution < 1.29 is 4.79 Å². The summed E-state index contributed by atoms with van der Waals surface area (Å²) in [6.45, 7) is 0. The molecule has 0 aromatic heterocycles. The van der Waals surface area contributed by atoms with E-state index in [0.717, 1.165) is 22.6 Å². The molecule has 2 aromatic carbocycles. The quantitative estimate of drug-likeness (QED) is 0.908. The highest BCUT2D eigenvalue weighted by molar-refractivity contribution is 6.35. The Hall–Kier alpha value is -2.55. The fourth-order valence-corrected chi connectivity index (χ4v) is 2.30. The molecule has 3 rings (SSSR count). The van der Waals surface area contributed by atoms with Gasteiger partial charge >= 0.3 is 0 Å². The molecular weight excluding hydrogens is 236 g/mol. The van der Waals surface area contributed by atoms with Crippen molar-refractivity contribution in [1.29, 1.82) is 0 Å². The summed E-state index contributed by atoms with van der Waals surface area (Å²) in [4.78, 5) is 14.1. The van der Waals surface area contributed by atoms with Crippen molar-refractivity contribution >= 4 is 17.2 Å². The maximum absolute atomic E-state index is 12.4. The molecule has 3 heteroatoms. The summed E-state index contributed by atoms with van der Waals surface area (Å²) in [6, 6.07) is 19.4. The first-order chi connectivity index (χ1) is 9.33. The number of amides is 1. The van der Waals surface area contributed by atoms with Crippen LogP contribution in [0.25, 0.3) is 5.57 Å². The second kappa shape index (κ2) is 4.61. The van der Waals surface area contributed by atoms with Crippen LogP contribution in [0.5, 0.6) is 0 Å². The number of anilines is 1. The number of hydrogen-bond donors (Lipinski definition) is 1. The van der Waals surface area contributed by atoms with Gasteiger partial charge in [-0.25, -0.2) is 0 Å². The zero-order chi connectivity index (χ0) is 13.2. The van der Waals surface area contributed by atoms with Gasteiger partial charge in [0.2, 0.25) is 0 Å². The van der Waals surface area contributed by atoms with Crippen molar-refractivity contribution in [3.8, 4) is 0 Å². The first-order valence-corrected chi connectivity index (χ1v) is 6.20. The van der Waals surface area contributed by atoms with Crippen LogP contribution in [0.4, 0.5) is 5.69 Å². The van der Waals surface area contributed by atoms with Gasteiger partial charge < -0.3 is 5.32 Å². The minimum atomic E-state index is 0.0294. The molecule has 1 heterocycles. The van der Waals surface area contributed by atoms with E-state index >= 15 is 0 Å². The van der Waals surface area contributed by atoms with Crippen LogP contribution in [-0.2, 0) is 4.79 Å². The Morgan fingerprint density at radius 2 is 1.47 bits per heavy atom.